The van der Waals surface area contributed by atoms with Gasteiger partial charge in [0.2, 0.25) is 0 Å². The summed E-state index contributed by atoms with van der Waals surface area (Å²) in [4.78, 5) is 39.3. The van der Waals surface area contributed by atoms with E-state index in [1.807, 2.05) is 37.3 Å². The maximum Gasteiger partial charge on any atom is 0.336 e. The molecule has 3 unspecified atom stereocenters. The summed E-state index contributed by atoms with van der Waals surface area (Å²) in [7, 11) is 1.56. The first-order valence-electron chi connectivity index (χ1n) is 15.1. The first kappa shape index (κ1) is 35.1. The zero-order valence-corrected chi connectivity index (χ0v) is 26.3. The largest absolute Gasteiger partial charge is 0.497 e. The number of carboxylic acid groups (broad SMARTS) is 2. The van der Waals surface area contributed by atoms with Crippen molar-refractivity contribution in [1.82, 2.24) is 4.90 Å². The van der Waals surface area contributed by atoms with E-state index in [4.69, 9.17) is 14.2 Å². The van der Waals surface area contributed by atoms with Crippen LogP contribution < -0.4 is 9.47 Å². The number of likely N-dealkylation sites (N-methyl/N-ethyl adjacent to an activating group) is 1. The Morgan fingerprint density at radius 3 is 1.89 bits per heavy atom. The van der Waals surface area contributed by atoms with Crippen LogP contribution in [0.15, 0.2) is 78.9 Å². The molecule has 0 aromatic heterocycles. The molecule has 45 heavy (non-hydrogen) atoms. The normalized spacial score (nSPS) is 14.5. The van der Waals surface area contributed by atoms with Gasteiger partial charge in [-0.25, -0.2) is 4.79 Å². The van der Waals surface area contributed by atoms with Crippen LogP contribution >= 0.6 is 0 Å². The van der Waals surface area contributed by atoms with Crippen molar-refractivity contribution in [2.75, 3.05) is 33.4 Å². The minimum atomic E-state index is -2.87. The molecule has 3 aromatic carbocycles. The average molecular weight is 622 g/mol. The van der Waals surface area contributed by atoms with Gasteiger partial charge >= 0.3 is 17.9 Å². The zero-order chi connectivity index (χ0) is 33.0. The average Bonchev–Trinajstić information content (AvgIpc) is 3.03. The van der Waals surface area contributed by atoms with Crippen LogP contribution in [0.1, 0.15) is 62.6 Å². The number of hydrogen-bond acceptors (Lipinski definition) is 8. The van der Waals surface area contributed by atoms with Gasteiger partial charge in [0.25, 0.3) is 0 Å². The molecule has 3 rings (SSSR count). The highest BCUT2D eigenvalue weighted by molar-refractivity contribution is 5.88. The van der Waals surface area contributed by atoms with Gasteiger partial charge in [0.05, 0.1) is 20.0 Å². The van der Waals surface area contributed by atoms with Gasteiger partial charge in [-0.1, -0.05) is 75.4 Å². The summed E-state index contributed by atoms with van der Waals surface area (Å²) in [6.45, 7) is 9.21. The maximum absolute atomic E-state index is 13.7. The lowest BCUT2D eigenvalue weighted by Gasteiger charge is -2.42. The molecule has 0 aliphatic rings. The van der Waals surface area contributed by atoms with Crippen molar-refractivity contribution in [1.29, 1.82) is 0 Å². The molecular weight excluding hydrogens is 578 g/mol. The highest BCUT2D eigenvalue weighted by atomic mass is 16.6. The Labute approximate surface area is 264 Å². The summed E-state index contributed by atoms with van der Waals surface area (Å²) in [6.07, 6.45) is -1.77. The lowest BCUT2D eigenvalue weighted by atomic mass is 9.71. The van der Waals surface area contributed by atoms with Crippen molar-refractivity contribution in [2.45, 2.75) is 57.2 Å². The number of nitrogens with zero attached hydrogens (tertiary/aromatic N) is 1. The number of aliphatic hydroxyl groups is 1. The standard InChI is InChI=1S/C35H43NO9/c1-5-30(25-13-17-28(43-4)18-14-25)35(26-11-9-8-10-12-26,45-32(39)24-34(42,33(40)41)23-31(37)38)27-15-19-29(20-16-27)44-22-21-36(6-2)7-3/h8-20,30,42H,5-7,21-24H2,1-4H3,(H,37,38)(H,40,41). The van der Waals surface area contributed by atoms with Gasteiger partial charge in [-0.3, -0.25) is 9.59 Å². The first-order valence-corrected chi connectivity index (χ1v) is 15.1. The fourth-order valence-electron chi connectivity index (χ4n) is 5.59. The number of esters is 1. The number of carbonyl (C=O) groups is 3. The number of carbonyl (C=O) groups excluding carboxylic acids is 1. The summed E-state index contributed by atoms with van der Waals surface area (Å²) in [6, 6.07) is 23.6. The Morgan fingerprint density at radius 2 is 1.38 bits per heavy atom. The lowest BCUT2D eigenvalue weighted by Crippen LogP contribution is -2.46. The van der Waals surface area contributed by atoms with Gasteiger partial charge in [-0.2, -0.15) is 0 Å². The second-order valence-electron chi connectivity index (χ2n) is 10.8. The van der Waals surface area contributed by atoms with Gasteiger partial charge in [0.1, 0.15) is 18.1 Å². The summed E-state index contributed by atoms with van der Waals surface area (Å²) in [5, 5.41) is 29.6. The minimum absolute atomic E-state index is 0.481. The second kappa shape index (κ2) is 16.1. The van der Waals surface area contributed by atoms with Crippen LogP contribution in [0, 0.1) is 0 Å². The molecule has 10 heteroatoms. The van der Waals surface area contributed by atoms with Crippen LogP contribution in [0.4, 0.5) is 0 Å². The van der Waals surface area contributed by atoms with Crippen LogP contribution in [-0.4, -0.2) is 77.1 Å². The van der Waals surface area contributed by atoms with E-state index in [0.717, 1.165) is 25.2 Å². The van der Waals surface area contributed by atoms with Crippen LogP contribution in [0.5, 0.6) is 11.5 Å². The Bertz CT molecular complexity index is 1390. The summed E-state index contributed by atoms with van der Waals surface area (Å²) < 4.78 is 17.7. The van der Waals surface area contributed by atoms with E-state index in [0.29, 0.717) is 35.7 Å². The van der Waals surface area contributed by atoms with E-state index < -0.39 is 47.9 Å². The third kappa shape index (κ3) is 8.61. The zero-order valence-electron chi connectivity index (χ0n) is 26.3. The second-order valence-corrected chi connectivity index (χ2v) is 10.8. The van der Waals surface area contributed by atoms with Crippen molar-refractivity contribution in [3.8, 4) is 11.5 Å². The highest BCUT2D eigenvalue weighted by Crippen LogP contribution is 2.48. The van der Waals surface area contributed by atoms with Crippen LogP contribution in [0.3, 0.4) is 0 Å². The third-order valence-corrected chi connectivity index (χ3v) is 8.03. The molecule has 0 spiro atoms. The van der Waals surface area contributed by atoms with Crippen molar-refractivity contribution in [2.24, 2.45) is 0 Å². The Morgan fingerprint density at radius 1 is 0.800 bits per heavy atom. The Hall–Kier alpha value is -4.41. The predicted molar refractivity (Wildman–Crippen MR) is 169 cm³/mol. The summed E-state index contributed by atoms with van der Waals surface area (Å²) in [5.41, 5.74) is -2.38. The molecule has 3 aromatic rings. The quantitative estimate of drug-likeness (QED) is 0.165. The van der Waals surface area contributed by atoms with Gasteiger partial charge in [-0.15, -0.1) is 0 Å². The van der Waals surface area contributed by atoms with E-state index in [2.05, 4.69) is 18.7 Å². The minimum Gasteiger partial charge on any atom is -0.497 e. The van der Waals surface area contributed by atoms with Crippen molar-refractivity contribution in [3.63, 3.8) is 0 Å². The van der Waals surface area contributed by atoms with Crippen LogP contribution in [0.2, 0.25) is 0 Å². The number of rotatable bonds is 18. The molecule has 0 fully saturated rings. The van der Waals surface area contributed by atoms with E-state index in [1.54, 1.807) is 55.6 Å². The fraction of sp³-hybridized carbons (Fsp3) is 0.400. The molecule has 0 aliphatic carbocycles. The predicted octanol–water partition coefficient (Wildman–Crippen LogP) is 5.08. The highest BCUT2D eigenvalue weighted by Gasteiger charge is 2.48. The maximum atomic E-state index is 13.7. The van der Waals surface area contributed by atoms with Gasteiger partial charge in [0, 0.05) is 23.6 Å². The third-order valence-electron chi connectivity index (χ3n) is 8.03. The molecule has 0 amide bonds. The van der Waals surface area contributed by atoms with Crippen LogP contribution in [-0.2, 0) is 24.7 Å². The molecule has 0 heterocycles. The smallest absolute Gasteiger partial charge is 0.336 e. The van der Waals surface area contributed by atoms with E-state index in [1.165, 1.54) is 0 Å². The summed E-state index contributed by atoms with van der Waals surface area (Å²) >= 11 is 0. The molecule has 0 saturated carbocycles. The molecule has 10 nitrogen and oxygen atoms in total. The van der Waals surface area contributed by atoms with Gasteiger partial charge in [0.15, 0.2) is 11.2 Å². The van der Waals surface area contributed by atoms with E-state index in [-0.39, 0.29) is 0 Å². The molecule has 242 valence electrons. The molecule has 0 aliphatic heterocycles. The fourth-order valence-corrected chi connectivity index (χ4v) is 5.59. The Balaban J connectivity index is 2.16. The number of benzene rings is 3. The SMILES string of the molecule is CCC(c1ccc(OC)cc1)C(OC(=O)CC(O)(CC(=O)O)C(=O)O)(c1ccccc1)c1ccc(OCCN(CC)CC)cc1. The van der Waals surface area contributed by atoms with Gasteiger partial charge in [-0.05, 0) is 49.3 Å². The van der Waals surface area contributed by atoms with Crippen molar-refractivity contribution < 1.29 is 43.9 Å². The number of carboxylic acids is 2. The topological polar surface area (TPSA) is 143 Å². The van der Waals surface area contributed by atoms with E-state index in [9.17, 15) is 29.7 Å². The molecular formula is C35H43NO9. The number of ether oxygens (including phenoxy) is 3. The molecule has 3 N–H and O–H groups in total. The lowest BCUT2D eigenvalue weighted by molar-refractivity contribution is -0.177. The van der Waals surface area contributed by atoms with Crippen molar-refractivity contribution in [3.05, 3.63) is 95.6 Å². The van der Waals surface area contributed by atoms with E-state index >= 15 is 0 Å². The Kier molecular flexibility index (Phi) is 12.5. The number of methoxy groups -OCH3 is 1. The molecule has 0 bridgehead atoms. The molecule has 0 saturated heterocycles. The summed E-state index contributed by atoms with van der Waals surface area (Å²) in [5.74, 6) is -3.71. The monoisotopic (exact) mass is 621 g/mol. The first-order chi connectivity index (χ1) is 21.5. The van der Waals surface area contributed by atoms with Crippen molar-refractivity contribution >= 4 is 17.9 Å². The van der Waals surface area contributed by atoms with Crippen LogP contribution in [0.25, 0.3) is 0 Å². The molecule has 3 atom stereocenters. The number of aliphatic carboxylic acids is 2. The molecule has 0 radical (unpaired) electrons. The number of hydrogen-bond donors (Lipinski definition) is 3. The van der Waals surface area contributed by atoms with Gasteiger partial charge < -0.3 is 34.4 Å².